The van der Waals surface area contributed by atoms with Crippen LogP contribution >= 0.6 is 0 Å². The number of hydrogen-bond acceptors (Lipinski definition) is 2. The maximum Gasteiger partial charge on any atom is 0.0661 e. The Bertz CT molecular complexity index is 292. The molecular weight excluding hydrogens is 234 g/mol. The normalized spacial score (nSPS) is 30.0. The Morgan fingerprint density at radius 1 is 1.26 bits per heavy atom. The van der Waals surface area contributed by atoms with Crippen LogP contribution in [-0.2, 0) is 4.74 Å². The molecule has 0 aliphatic heterocycles. The molecule has 2 aliphatic rings. The highest BCUT2D eigenvalue weighted by Gasteiger charge is 2.56. The van der Waals surface area contributed by atoms with Gasteiger partial charge in [0, 0.05) is 24.6 Å². The van der Waals surface area contributed by atoms with Crippen molar-refractivity contribution in [2.24, 2.45) is 16.7 Å². The summed E-state index contributed by atoms with van der Waals surface area (Å²) in [4.78, 5) is 0. The molecule has 19 heavy (non-hydrogen) atoms. The predicted octanol–water partition coefficient (Wildman–Crippen LogP) is 4.00. The average Bonchev–Trinajstić information content (AvgIpc) is 2.84. The van der Waals surface area contributed by atoms with Crippen molar-refractivity contribution >= 4 is 0 Å². The van der Waals surface area contributed by atoms with Crippen molar-refractivity contribution in [1.29, 1.82) is 0 Å². The minimum Gasteiger partial charge on any atom is -0.378 e. The summed E-state index contributed by atoms with van der Waals surface area (Å²) in [7, 11) is 0. The van der Waals surface area contributed by atoms with Gasteiger partial charge in [-0.3, -0.25) is 0 Å². The fourth-order valence-electron chi connectivity index (χ4n) is 3.76. The molecule has 0 saturated heterocycles. The number of rotatable bonds is 6. The van der Waals surface area contributed by atoms with Gasteiger partial charge in [-0.1, -0.05) is 40.5 Å². The van der Waals surface area contributed by atoms with Crippen LogP contribution in [0.3, 0.4) is 0 Å². The monoisotopic (exact) mass is 267 g/mol. The molecule has 2 nitrogen and oxygen atoms in total. The van der Waals surface area contributed by atoms with Gasteiger partial charge in [0.25, 0.3) is 0 Å². The Labute approximate surface area is 119 Å². The molecule has 0 aromatic carbocycles. The van der Waals surface area contributed by atoms with Crippen molar-refractivity contribution in [3.05, 3.63) is 0 Å². The molecule has 0 bridgehead atoms. The topological polar surface area (TPSA) is 21.3 Å². The minimum atomic E-state index is 0.385. The predicted molar refractivity (Wildman–Crippen MR) is 81.3 cm³/mol. The summed E-state index contributed by atoms with van der Waals surface area (Å²) in [5.41, 5.74) is 0.861. The van der Waals surface area contributed by atoms with E-state index in [1.54, 1.807) is 0 Å². The van der Waals surface area contributed by atoms with Gasteiger partial charge in [-0.25, -0.2) is 0 Å². The van der Waals surface area contributed by atoms with Crippen molar-refractivity contribution < 1.29 is 4.74 Å². The lowest BCUT2D eigenvalue weighted by atomic mass is 9.60. The fraction of sp³-hybridized carbons (Fsp3) is 1.00. The van der Waals surface area contributed by atoms with Crippen LogP contribution in [0, 0.1) is 16.7 Å². The van der Waals surface area contributed by atoms with E-state index >= 15 is 0 Å². The molecule has 2 unspecified atom stereocenters. The maximum atomic E-state index is 5.99. The summed E-state index contributed by atoms with van der Waals surface area (Å²) < 4.78 is 5.99. The van der Waals surface area contributed by atoms with Crippen LogP contribution in [0.15, 0.2) is 0 Å². The summed E-state index contributed by atoms with van der Waals surface area (Å²) in [6.07, 6.45) is 7.29. The molecule has 2 fully saturated rings. The number of nitrogens with one attached hydrogen (secondary N) is 1. The van der Waals surface area contributed by atoms with E-state index in [0.29, 0.717) is 23.0 Å². The van der Waals surface area contributed by atoms with E-state index in [0.717, 1.165) is 19.1 Å². The minimum absolute atomic E-state index is 0.385. The van der Waals surface area contributed by atoms with Crippen LogP contribution < -0.4 is 5.32 Å². The summed E-state index contributed by atoms with van der Waals surface area (Å²) in [5.74, 6) is 0.724. The average molecular weight is 267 g/mol. The summed E-state index contributed by atoms with van der Waals surface area (Å²) in [5, 5.41) is 3.88. The molecule has 0 aromatic heterocycles. The van der Waals surface area contributed by atoms with Crippen molar-refractivity contribution in [3.63, 3.8) is 0 Å². The van der Waals surface area contributed by atoms with Gasteiger partial charge in [-0.15, -0.1) is 0 Å². The highest BCUT2D eigenvalue weighted by atomic mass is 16.5. The van der Waals surface area contributed by atoms with E-state index in [1.807, 2.05) is 0 Å². The Morgan fingerprint density at radius 3 is 2.42 bits per heavy atom. The standard InChI is InChI=1S/C17H33NO/c1-6-19-15-11-14(17(15)9-7-8-10-17)18-12-16(4,5)13(2)3/h13-15,18H,6-12H2,1-5H3. The third-order valence-corrected chi connectivity index (χ3v) is 6.05. The molecule has 1 N–H and O–H groups in total. The Hall–Kier alpha value is -0.0800. The molecule has 2 aliphatic carbocycles. The van der Waals surface area contributed by atoms with Gasteiger partial charge in [-0.05, 0) is 37.5 Å². The number of hydrogen-bond donors (Lipinski definition) is 1. The van der Waals surface area contributed by atoms with E-state index in [9.17, 15) is 0 Å². The smallest absolute Gasteiger partial charge is 0.0661 e. The first kappa shape index (κ1) is 15.3. The quantitative estimate of drug-likeness (QED) is 0.785. The van der Waals surface area contributed by atoms with Crippen LogP contribution in [0.5, 0.6) is 0 Å². The molecule has 2 saturated carbocycles. The Balaban J connectivity index is 1.91. The van der Waals surface area contributed by atoms with Crippen LogP contribution in [0.1, 0.15) is 66.7 Å². The van der Waals surface area contributed by atoms with Crippen molar-refractivity contribution in [2.75, 3.05) is 13.2 Å². The summed E-state index contributed by atoms with van der Waals surface area (Å²) in [6.45, 7) is 13.6. The molecule has 2 heteroatoms. The first-order chi connectivity index (χ1) is 8.92. The van der Waals surface area contributed by atoms with Gasteiger partial charge in [0.1, 0.15) is 0 Å². The third kappa shape index (κ3) is 2.85. The van der Waals surface area contributed by atoms with Gasteiger partial charge in [0.05, 0.1) is 6.10 Å². The van der Waals surface area contributed by atoms with E-state index in [-0.39, 0.29) is 0 Å². The lowest BCUT2D eigenvalue weighted by molar-refractivity contribution is -0.132. The molecule has 0 heterocycles. The lowest BCUT2D eigenvalue weighted by Gasteiger charge is -2.55. The van der Waals surface area contributed by atoms with Gasteiger partial charge in [0.2, 0.25) is 0 Å². The van der Waals surface area contributed by atoms with Crippen molar-refractivity contribution in [1.82, 2.24) is 5.32 Å². The van der Waals surface area contributed by atoms with E-state index in [4.69, 9.17) is 4.74 Å². The molecule has 112 valence electrons. The van der Waals surface area contributed by atoms with E-state index in [1.165, 1.54) is 32.1 Å². The SMILES string of the molecule is CCOC1CC(NCC(C)(C)C(C)C)C12CCCC2. The second kappa shape index (κ2) is 5.73. The van der Waals surface area contributed by atoms with E-state index < -0.39 is 0 Å². The fourth-order valence-corrected chi connectivity index (χ4v) is 3.76. The van der Waals surface area contributed by atoms with Gasteiger partial charge in [0.15, 0.2) is 0 Å². The summed E-state index contributed by atoms with van der Waals surface area (Å²) in [6, 6.07) is 0.699. The second-order valence-electron chi connectivity index (χ2n) is 7.70. The molecule has 0 aromatic rings. The molecule has 2 atom stereocenters. The van der Waals surface area contributed by atoms with Gasteiger partial charge in [-0.2, -0.15) is 0 Å². The van der Waals surface area contributed by atoms with Crippen molar-refractivity contribution in [3.8, 4) is 0 Å². The zero-order chi connectivity index (χ0) is 14.1. The zero-order valence-electron chi connectivity index (χ0n) is 13.6. The molecule has 1 spiro atoms. The largest absolute Gasteiger partial charge is 0.378 e. The van der Waals surface area contributed by atoms with Gasteiger partial charge >= 0.3 is 0 Å². The highest BCUT2D eigenvalue weighted by Crippen LogP contribution is 2.54. The Morgan fingerprint density at radius 2 is 1.89 bits per heavy atom. The molecule has 0 radical (unpaired) electrons. The molecular formula is C17H33NO. The molecule has 2 rings (SSSR count). The van der Waals surface area contributed by atoms with Crippen molar-refractivity contribution in [2.45, 2.75) is 78.9 Å². The third-order valence-electron chi connectivity index (χ3n) is 6.05. The lowest BCUT2D eigenvalue weighted by Crippen LogP contribution is -2.63. The van der Waals surface area contributed by atoms with Crippen LogP contribution in [0.2, 0.25) is 0 Å². The first-order valence-corrected chi connectivity index (χ1v) is 8.27. The number of ether oxygens (including phenoxy) is 1. The van der Waals surface area contributed by atoms with Crippen LogP contribution in [-0.4, -0.2) is 25.3 Å². The highest BCUT2D eigenvalue weighted by molar-refractivity contribution is 5.10. The molecule has 0 amide bonds. The Kier molecular flexibility index (Phi) is 4.62. The maximum absolute atomic E-state index is 5.99. The summed E-state index contributed by atoms with van der Waals surface area (Å²) >= 11 is 0. The zero-order valence-corrected chi connectivity index (χ0v) is 13.6. The van der Waals surface area contributed by atoms with Crippen LogP contribution in [0.4, 0.5) is 0 Å². The van der Waals surface area contributed by atoms with Gasteiger partial charge < -0.3 is 10.1 Å². The second-order valence-corrected chi connectivity index (χ2v) is 7.70. The van der Waals surface area contributed by atoms with Crippen LogP contribution in [0.25, 0.3) is 0 Å². The van der Waals surface area contributed by atoms with E-state index in [2.05, 4.69) is 39.9 Å². The first-order valence-electron chi connectivity index (χ1n) is 8.27.